The predicted molar refractivity (Wildman–Crippen MR) is 99.6 cm³/mol. The molecule has 0 unspecified atom stereocenters. The highest BCUT2D eigenvalue weighted by Gasteiger charge is 2.12. The summed E-state index contributed by atoms with van der Waals surface area (Å²) in [7, 11) is 0. The molecule has 0 saturated carbocycles. The first-order valence-electron chi connectivity index (χ1n) is 7.98. The molecule has 1 amide bonds. The van der Waals surface area contributed by atoms with E-state index in [0.29, 0.717) is 18.1 Å². The Balaban J connectivity index is 1.59. The lowest BCUT2D eigenvalue weighted by Gasteiger charge is -2.08. The van der Waals surface area contributed by atoms with E-state index >= 15 is 0 Å². The molecule has 0 radical (unpaired) electrons. The lowest BCUT2D eigenvalue weighted by atomic mass is 10.1. The molecular weight excluding hydrogens is 334 g/mol. The van der Waals surface area contributed by atoms with Gasteiger partial charge in [-0.25, -0.2) is 0 Å². The van der Waals surface area contributed by atoms with Gasteiger partial charge in [0.15, 0.2) is 0 Å². The second-order valence-electron chi connectivity index (χ2n) is 5.63. The fourth-order valence-corrected chi connectivity index (χ4v) is 2.99. The number of hydrogen-bond donors (Lipinski definition) is 1. The highest BCUT2D eigenvalue weighted by molar-refractivity contribution is 7.98. The zero-order valence-corrected chi connectivity index (χ0v) is 15.0. The summed E-state index contributed by atoms with van der Waals surface area (Å²) < 4.78 is 5.26. The maximum atomic E-state index is 12.2. The third kappa shape index (κ3) is 4.48. The van der Waals surface area contributed by atoms with Crippen LogP contribution in [0.2, 0.25) is 0 Å². The van der Waals surface area contributed by atoms with E-state index in [1.165, 1.54) is 0 Å². The molecule has 3 rings (SSSR count). The molecule has 2 aromatic carbocycles. The molecule has 6 heteroatoms. The van der Waals surface area contributed by atoms with E-state index in [9.17, 15) is 4.79 Å². The van der Waals surface area contributed by atoms with Crippen molar-refractivity contribution in [3.05, 3.63) is 60.0 Å². The maximum Gasteiger partial charge on any atom is 0.227 e. The molecular formula is C19H19N3O2S. The zero-order chi connectivity index (χ0) is 17.6. The van der Waals surface area contributed by atoms with Crippen molar-refractivity contribution in [3.63, 3.8) is 0 Å². The first-order chi connectivity index (χ1) is 12.2. The number of rotatable bonds is 6. The summed E-state index contributed by atoms with van der Waals surface area (Å²) in [5.74, 6) is 0.938. The molecule has 1 N–H and O–H groups in total. The Bertz CT molecular complexity index is 876. The van der Waals surface area contributed by atoms with Crippen LogP contribution in [-0.2, 0) is 11.2 Å². The van der Waals surface area contributed by atoms with Crippen molar-refractivity contribution in [2.24, 2.45) is 0 Å². The van der Waals surface area contributed by atoms with Crippen LogP contribution in [0.5, 0.6) is 0 Å². The lowest BCUT2D eigenvalue weighted by Crippen LogP contribution is -2.13. The number of aryl methyl sites for hydroxylation is 2. The minimum Gasteiger partial charge on any atom is -0.339 e. The Morgan fingerprint density at radius 3 is 2.84 bits per heavy atom. The number of thioether (sulfide) groups is 1. The predicted octanol–water partition coefficient (Wildman–Crippen LogP) is 4.34. The Hall–Kier alpha value is -2.60. The van der Waals surface area contributed by atoms with Crippen molar-refractivity contribution >= 4 is 23.4 Å². The van der Waals surface area contributed by atoms with Crippen molar-refractivity contribution in [2.45, 2.75) is 24.7 Å². The number of hydrogen-bond acceptors (Lipinski definition) is 5. The van der Waals surface area contributed by atoms with E-state index in [2.05, 4.69) is 15.5 Å². The Morgan fingerprint density at radius 1 is 1.20 bits per heavy atom. The third-order valence-corrected chi connectivity index (χ3v) is 4.49. The topological polar surface area (TPSA) is 68.0 Å². The van der Waals surface area contributed by atoms with Gasteiger partial charge in [-0.15, -0.1) is 11.8 Å². The van der Waals surface area contributed by atoms with Gasteiger partial charge < -0.3 is 9.84 Å². The van der Waals surface area contributed by atoms with Gasteiger partial charge in [-0.05, 0) is 31.4 Å². The summed E-state index contributed by atoms with van der Waals surface area (Å²) in [6, 6.07) is 15.6. The SMILES string of the molecule is CSc1ccccc1NC(=O)CCc1nc(-c2cccc(C)c2)no1. The van der Waals surface area contributed by atoms with E-state index in [-0.39, 0.29) is 12.3 Å². The Labute approximate surface area is 150 Å². The molecule has 0 spiro atoms. The number of aromatic nitrogens is 2. The molecule has 0 aliphatic rings. The molecule has 25 heavy (non-hydrogen) atoms. The van der Waals surface area contributed by atoms with Crippen LogP contribution in [0.3, 0.4) is 0 Å². The molecule has 3 aromatic rings. The number of carbonyl (C=O) groups is 1. The number of anilines is 1. The maximum absolute atomic E-state index is 12.2. The van der Waals surface area contributed by atoms with Gasteiger partial charge in [0.25, 0.3) is 0 Å². The van der Waals surface area contributed by atoms with E-state index in [1.54, 1.807) is 11.8 Å². The minimum atomic E-state index is -0.0724. The first kappa shape index (κ1) is 17.2. The molecule has 0 atom stereocenters. The summed E-state index contributed by atoms with van der Waals surface area (Å²) in [4.78, 5) is 17.6. The van der Waals surface area contributed by atoms with Gasteiger partial charge in [0, 0.05) is 23.3 Å². The van der Waals surface area contributed by atoms with Gasteiger partial charge >= 0.3 is 0 Å². The van der Waals surface area contributed by atoms with Crippen molar-refractivity contribution in [2.75, 3.05) is 11.6 Å². The van der Waals surface area contributed by atoms with Crippen LogP contribution in [0.15, 0.2) is 57.9 Å². The lowest BCUT2D eigenvalue weighted by molar-refractivity contribution is -0.116. The highest BCUT2D eigenvalue weighted by Crippen LogP contribution is 2.24. The summed E-state index contributed by atoms with van der Waals surface area (Å²) in [5.41, 5.74) is 2.87. The first-order valence-corrected chi connectivity index (χ1v) is 9.20. The summed E-state index contributed by atoms with van der Waals surface area (Å²) in [6.07, 6.45) is 2.68. The third-order valence-electron chi connectivity index (χ3n) is 3.69. The molecule has 0 saturated heterocycles. The molecule has 5 nitrogen and oxygen atoms in total. The number of nitrogens with one attached hydrogen (secondary N) is 1. The van der Waals surface area contributed by atoms with Crippen molar-refractivity contribution in [3.8, 4) is 11.4 Å². The molecule has 1 aromatic heterocycles. The van der Waals surface area contributed by atoms with E-state index < -0.39 is 0 Å². The quantitative estimate of drug-likeness (QED) is 0.668. The largest absolute Gasteiger partial charge is 0.339 e. The zero-order valence-electron chi connectivity index (χ0n) is 14.2. The van der Waals surface area contributed by atoms with Crippen molar-refractivity contribution in [1.82, 2.24) is 10.1 Å². The van der Waals surface area contributed by atoms with Crippen LogP contribution in [0.25, 0.3) is 11.4 Å². The monoisotopic (exact) mass is 353 g/mol. The van der Waals surface area contributed by atoms with Crippen molar-refractivity contribution in [1.29, 1.82) is 0 Å². The second-order valence-corrected chi connectivity index (χ2v) is 6.48. The molecule has 128 valence electrons. The van der Waals surface area contributed by atoms with Gasteiger partial charge in [-0.2, -0.15) is 4.98 Å². The molecule has 0 aliphatic carbocycles. The highest BCUT2D eigenvalue weighted by atomic mass is 32.2. The van der Waals surface area contributed by atoms with Crippen LogP contribution in [0.4, 0.5) is 5.69 Å². The minimum absolute atomic E-state index is 0.0724. The van der Waals surface area contributed by atoms with Gasteiger partial charge in [0.2, 0.25) is 17.6 Å². The number of carbonyl (C=O) groups excluding carboxylic acids is 1. The van der Waals surface area contributed by atoms with Crippen LogP contribution >= 0.6 is 11.8 Å². The van der Waals surface area contributed by atoms with E-state index in [1.807, 2.05) is 61.7 Å². The number of para-hydroxylation sites is 1. The average Bonchev–Trinajstić information content (AvgIpc) is 3.09. The van der Waals surface area contributed by atoms with E-state index in [0.717, 1.165) is 21.7 Å². The van der Waals surface area contributed by atoms with Crippen LogP contribution in [0, 0.1) is 6.92 Å². The fraction of sp³-hybridized carbons (Fsp3) is 0.211. The Kier molecular flexibility index (Phi) is 5.50. The van der Waals surface area contributed by atoms with E-state index in [4.69, 9.17) is 4.52 Å². The number of amides is 1. The van der Waals surface area contributed by atoms with Crippen LogP contribution < -0.4 is 5.32 Å². The smallest absolute Gasteiger partial charge is 0.227 e. The van der Waals surface area contributed by atoms with Crippen LogP contribution in [-0.4, -0.2) is 22.3 Å². The number of nitrogens with zero attached hydrogens (tertiary/aromatic N) is 2. The number of benzene rings is 2. The average molecular weight is 353 g/mol. The summed E-state index contributed by atoms with van der Waals surface area (Å²) in [5, 5.41) is 6.92. The Morgan fingerprint density at radius 2 is 2.04 bits per heavy atom. The fourth-order valence-electron chi connectivity index (χ4n) is 2.44. The van der Waals surface area contributed by atoms with Gasteiger partial charge in [-0.3, -0.25) is 4.79 Å². The van der Waals surface area contributed by atoms with Crippen molar-refractivity contribution < 1.29 is 9.32 Å². The van der Waals surface area contributed by atoms with Gasteiger partial charge in [0.05, 0.1) is 5.69 Å². The van der Waals surface area contributed by atoms with Gasteiger partial charge in [0.1, 0.15) is 0 Å². The standard InChI is InChI=1S/C19H19N3O2S/c1-13-6-5-7-14(12-13)19-21-18(24-22-19)11-10-17(23)20-15-8-3-4-9-16(15)25-2/h3-9,12H,10-11H2,1-2H3,(H,20,23). The second kappa shape index (κ2) is 7.98. The molecule has 1 heterocycles. The van der Waals surface area contributed by atoms with Gasteiger partial charge in [-0.1, -0.05) is 41.1 Å². The summed E-state index contributed by atoms with van der Waals surface area (Å²) >= 11 is 1.60. The summed E-state index contributed by atoms with van der Waals surface area (Å²) in [6.45, 7) is 2.02. The molecule has 0 fully saturated rings. The normalized spacial score (nSPS) is 10.6. The van der Waals surface area contributed by atoms with Crippen LogP contribution in [0.1, 0.15) is 17.9 Å². The molecule has 0 bridgehead atoms. The molecule has 0 aliphatic heterocycles.